The van der Waals surface area contributed by atoms with Crippen LogP contribution >= 0.6 is 0 Å². The highest BCUT2D eigenvalue weighted by Crippen LogP contribution is 2.13. The van der Waals surface area contributed by atoms with Gasteiger partial charge in [-0.25, -0.2) is 4.79 Å². The van der Waals surface area contributed by atoms with Crippen LogP contribution in [0.4, 0.5) is 4.79 Å². The van der Waals surface area contributed by atoms with E-state index in [0.29, 0.717) is 11.3 Å². The molecule has 0 aromatic heterocycles. The zero-order valence-electron chi connectivity index (χ0n) is 22.1. The summed E-state index contributed by atoms with van der Waals surface area (Å²) in [6.07, 6.45) is 4.46. The maximum Gasteiger partial charge on any atom is 0.408 e. The molecule has 3 amide bonds. The number of terminal acetylenes is 1. The van der Waals surface area contributed by atoms with Gasteiger partial charge in [-0.05, 0) is 59.7 Å². The lowest BCUT2D eigenvalue weighted by atomic mass is 10.2. The van der Waals surface area contributed by atoms with E-state index in [2.05, 4.69) is 21.9 Å². The topological polar surface area (TPSA) is 124 Å². The molecule has 0 aliphatic carbocycles. The monoisotopic (exact) mass is 505 g/mol. The second kappa shape index (κ2) is 15.0. The fourth-order valence-electron chi connectivity index (χ4n) is 2.63. The third-order valence-electron chi connectivity index (χ3n) is 4.19. The van der Waals surface area contributed by atoms with Crippen LogP contribution in [0.25, 0.3) is 0 Å². The molecule has 10 nitrogen and oxygen atoms in total. The molecule has 36 heavy (non-hydrogen) atoms. The number of hydrogen-bond acceptors (Lipinski definition) is 7. The molecule has 10 heteroatoms. The SMILES string of the molecule is C#CCOc1cccc(C(=O)NCCOCCNC(=O)[C@@H](COC(C)(C)C)NC(=O)OC(C)(C)C)c1. The van der Waals surface area contributed by atoms with Crippen molar-refractivity contribution in [2.75, 3.05) is 39.5 Å². The summed E-state index contributed by atoms with van der Waals surface area (Å²) in [5.74, 6) is 2.19. The van der Waals surface area contributed by atoms with E-state index in [-0.39, 0.29) is 45.4 Å². The Kier molecular flexibility index (Phi) is 12.8. The average molecular weight is 506 g/mol. The Hall–Kier alpha value is -3.29. The fourth-order valence-corrected chi connectivity index (χ4v) is 2.63. The average Bonchev–Trinajstić information content (AvgIpc) is 2.77. The summed E-state index contributed by atoms with van der Waals surface area (Å²) < 4.78 is 21.7. The van der Waals surface area contributed by atoms with Gasteiger partial charge in [-0.1, -0.05) is 12.0 Å². The molecule has 0 aliphatic heterocycles. The number of carbonyl (C=O) groups excluding carboxylic acids is 3. The van der Waals surface area contributed by atoms with Gasteiger partial charge in [0, 0.05) is 18.7 Å². The number of benzene rings is 1. The second-order valence-corrected chi connectivity index (χ2v) is 9.80. The van der Waals surface area contributed by atoms with Crippen molar-refractivity contribution in [3.63, 3.8) is 0 Å². The lowest BCUT2D eigenvalue weighted by Crippen LogP contribution is -2.51. The molecule has 1 aromatic rings. The molecule has 0 heterocycles. The summed E-state index contributed by atoms with van der Waals surface area (Å²) in [5.41, 5.74) is -0.743. The van der Waals surface area contributed by atoms with Gasteiger partial charge in [0.25, 0.3) is 5.91 Å². The van der Waals surface area contributed by atoms with Crippen molar-refractivity contribution in [1.29, 1.82) is 0 Å². The van der Waals surface area contributed by atoms with Gasteiger partial charge in [-0.15, -0.1) is 6.42 Å². The van der Waals surface area contributed by atoms with Gasteiger partial charge >= 0.3 is 6.09 Å². The zero-order valence-corrected chi connectivity index (χ0v) is 22.1. The molecular weight excluding hydrogens is 466 g/mol. The van der Waals surface area contributed by atoms with E-state index in [4.69, 9.17) is 25.4 Å². The number of alkyl carbamates (subject to hydrolysis) is 1. The van der Waals surface area contributed by atoms with E-state index in [1.807, 2.05) is 20.8 Å². The van der Waals surface area contributed by atoms with Gasteiger partial charge in [-0.2, -0.15) is 0 Å². The van der Waals surface area contributed by atoms with Crippen molar-refractivity contribution in [2.24, 2.45) is 0 Å². The van der Waals surface area contributed by atoms with Gasteiger partial charge < -0.3 is 34.9 Å². The molecule has 0 aliphatic rings. The third kappa shape index (κ3) is 14.2. The molecule has 0 radical (unpaired) electrons. The molecule has 1 aromatic carbocycles. The van der Waals surface area contributed by atoms with E-state index in [9.17, 15) is 14.4 Å². The van der Waals surface area contributed by atoms with Crippen molar-refractivity contribution >= 4 is 17.9 Å². The zero-order chi connectivity index (χ0) is 27.2. The summed E-state index contributed by atoms with van der Waals surface area (Å²) in [7, 11) is 0. The number of carbonyl (C=O) groups is 3. The highest BCUT2D eigenvalue weighted by Gasteiger charge is 2.26. The summed E-state index contributed by atoms with van der Waals surface area (Å²) in [6, 6.07) is 5.76. The van der Waals surface area contributed by atoms with E-state index in [1.165, 1.54) is 0 Å². The largest absolute Gasteiger partial charge is 0.481 e. The minimum absolute atomic E-state index is 0.0174. The minimum atomic E-state index is -0.932. The van der Waals surface area contributed by atoms with Crippen molar-refractivity contribution in [3.8, 4) is 18.1 Å². The van der Waals surface area contributed by atoms with E-state index in [0.717, 1.165) is 0 Å². The van der Waals surface area contributed by atoms with Crippen LogP contribution in [0.15, 0.2) is 24.3 Å². The normalized spacial score (nSPS) is 12.1. The first-order valence-electron chi connectivity index (χ1n) is 11.7. The molecule has 0 fully saturated rings. The molecule has 200 valence electrons. The number of hydrogen-bond donors (Lipinski definition) is 3. The molecule has 0 saturated carbocycles. The lowest BCUT2D eigenvalue weighted by molar-refractivity contribution is -0.126. The van der Waals surface area contributed by atoms with Crippen LogP contribution in [-0.2, 0) is 19.0 Å². The van der Waals surface area contributed by atoms with Crippen molar-refractivity contribution in [3.05, 3.63) is 29.8 Å². The number of nitrogens with one attached hydrogen (secondary N) is 3. The van der Waals surface area contributed by atoms with E-state index < -0.39 is 29.2 Å². The van der Waals surface area contributed by atoms with Crippen LogP contribution in [0.3, 0.4) is 0 Å². The van der Waals surface area contributed by atoms with Crippen molar-refractivity contribution in [2.45, 2.75) is 58.8 Å². The first kappa shape index (κ1) is 30.7. The van der Waals surface area contributed by atoms with Gasteiger partial charge in [0.1, 0.15) is 24.0 Å². The Balaban J connectivity index is 2.39. The van der Waals surface area contributed by atoms with Crippen LogP contribution in [0.5, 0.6) is 5.75 Å². The highest BCUT2D eigenvalue weighted by atomic mass is 16.6. The van der Waals surface area contributed by atoms with E-state index >= 15 is 0 Å². The van der Waals surface area contributed by atoms with Crippen LogP contribution in [-0.4, -0.2) is 74.7 Å². The molecule has 0 spiro atoms. The molecule has 3 N–H and O–H groups in total. The van der Waals surface area contributed by atoms with Gasteiger partial charge in [0.15, 0.2) is 0 Å². The standard InChI is InChI=1S/C26H39N3O7/c1-8-14-34-20-11-9-10-19(17-20)22(30)27-12-15-33-16-13-28-23(31)21(18-35-25(2,3)4)29-24(32)36-26(5,6)7/h1,9-11,17,21H,12-16,18H2,2-7H3,(H,27,30)(H,28,31)(H,29,32)/t21-/m1/s1. The van der Waals surface area contributed by atoms with Gasteiger partial charge in [0.05, 0.1) is 25.4 Å². The highest BCUT2D eigenvalue weighted by molar-refractivity contribution is 5.94. The molecule has 1 rings (SSSR count). The first-order valence-corrected chi connectivity index (χ1v) is 11.7. The van der Waals surface area contributed by atoms with Gasteiger partial charge in [-0.3, -0.25) is 9.59 Å². The number of rotatable bonds is 13. The van der Waals surface area contributed by atoms with Gasteiger partial charge in [0.2, 0.25) is 5.91 Å². The maximum absolute atomic E-state index is 12.6. The Labute approximate surface area is 213 Å². The second-order valence-electron chi connectivity index (χ2n) is 9.80. The fraction of sp³-hybridized carbons (Fsp3) is 0.577. The number of ether oxygens (including phenoxy) is 4. The maximum atomic E-state index is 12.6. The summed E-state index contributed by atoms with van der Waals surface area (Å²) in [6.45, 7) is 11.8. The van der Waals surface area contributed by atoms with Crippen LogP contribution in [0.1, 0.15) is 51.9 Å². The smallest absolute Gasteiger partial charge is 0.408 e. The minimum Gasteiger partial charge on any atom is -0.481 e. The summed E-state index contributed by atoms with van der Waals surface area (Å²) >= 11 is 0. The van der Waals surface area contributed by atoms with Crippen LogP contribution < -0.4 is 20.7 Å². The predicted molar refractivity (Wildman–Crippen MR) is 136 cm³/mol. The molecular formula is C26H39N3O7. The summed E-state index contributed by atoms with van der Waals surface area (Å²) in [4.78, 5) is 37.0. The Bertz CT molecular complexity index is 898. The quantitative estimate of drug-likeness (QED) is 0.277. The molecule has 1 atom stereocenters. The van der Waals surface area contributed by atoms with E-state index in [1.54, 1.807) is 45.0 Å². The number of amides is 3. The molecule has 0 saturated heterocycles. The lowest BCUT2D eigenvalue weighted by Gasteiger charge is -2.26. The molecule has 0 unspecified atom stereocenters. The Morgan fingerprint density at radius 1 is 1.00 bits per heavy atom. The predicted octanol–water partition coefficient (Wildman–Crippen LogP) is 2.27. The molecule has 0 bridgehead atoms. The Morgan fingerprint density at radius 2 is 1.67 bits per heavy atom. The van der Waals surface area contributed by atoms with Crippen LogP contribution in [0, 0.1) is 12.3 Å². The first-order chi connectivity index (χ1) is 16.8. The van der Waals surface area contributed by atoms with Crippen molar-refractivity contribution in [1.82, 2.24) is 16.0 Å². The Morgan fingerprint density at radius 3 is 2.28 bits per heavy atom. The van der Waals surface area contributed by atoms with Crippen molar-refractivity contribution < 1.29 is 33.3 Å². The summed E-state index contributed by atoms with van der Waals surface area (Å²) in [5, 5.41) is 8.00. The third-order valence-corrected chi connectivity index (χ3v) is 4.19. The van der Waals surface area contributed by atoms with Crippen LogP contribution in [0.2, 0.25) is 0 Å².